The second-order valence-corrected chi connectivity index (χ2v) is 5.67. The van der Waals surface area contributed by atoms with E-state index in [4.69, 9.17) is 4.74 Å². The number of hydrogen-bond acceptors (Lipinski definition) is 4. The van der Waals surface area contributed by atoms with Gasteiger partial charge in [0.05, 0.1) is 11.5 Å². The number of benzene rings is 1. The van der Waals surface area contributed by atoms with E-state index in [1.54, 1.807) is 31.3 Å². The summed E-state index contributed by atoms with van der Waals surface area (Å²) in [6, 6.07) is 6.54. The lowest BCUT2D eigenvalue weighted by Crippen LogP contribution is -2.34. The minimum absolute atomic E-state index is 0.107. The molecule has 1 atom stereocenters. The van der Waals surface area contributed by atoms with Crippen LogP contribution in [-0.4, -0.2) is 34.7 Å². The molecule has 94 valence electrons. The Kier molecular flexibility index (Phi) is 3.66. The number of nitrogens with one attached hydrogen (secondary N) is 2. The molecule has 1 aliphatic heterocycles. The number of ether oxygens (including phenoxy) is 1. The fourth-order valence-electron chi connectivity index (χ4n) is 1.72. The summed E-state index contributed by atoms with van der Waals surface area (Å²) < 4.78 is 31.8. The maximum Gasteiger partial charge on any atom is 0.240 e. The second kappa shape index (κ2) is 5.03. The third-order valence-corrected chi connectivity index (χ3v) is 4.24. The van der Waals surface area contributed by atoms with Gasteiger partial charge >= 0.3 is 0 Å². The molecule has 1 fully saturated rings. The highest BCUT2D eigenvalue weighted by Gasteiger charge is 2.23. The lowest BCUT2D eigenvalue weighted by atomic mass is 10.3. The van der Waals surface area contributed by atoms with E-state index in [9.17, 15) is 8.42 Å². The van der Waals surface area contributed by atoms with Gasteiger partial charge in [0.15, 0.2) is 0 Å². The Morgan fingerprint density at radius 2 is 2.00 bits per heavy atom. The van der Waals surface area contributed by atoms with Gasteiger partial charge < -0.3 is 10.1 Å². The molecule has 0 spiro atoms. The molecule has 6 heteroatoms. The zero-order valence-electron chi connectivity index (χ0n) is 9.64. The number of anilines is 1. The summed E-state index contributed by atoms with van der Waals surface area (Å²) in [6.45, 7) is 1.07. The van der Waals surface area contributed by atoms with Gasteiger partial charge in [0.1, 0.15) is 0 Å². The van der Waals surface area contributed by atoms with Crippen molar-refractivity contribution in [2.45, 2.75) is 17.4 Å². The minimum Gasteiger partial charge on any atom is -0.388 e. The summed E-state index contributed by atoms with van der Waals surface area (Å²) in [4.78, 5) is 0.281. The van der Waals surface area contributed by atoms with Crippen LogP contribution in [0.25, 0.3) is 0 Å². The molecule has 0 saturated carbocycles. The molecule has 2 rings (SSSR count). The van der Waals surface area contributed by atoms with Gasteiger partial charge in [0, 0.05) is 25.4 Å². The van der Waals surface area contributed by atoms with Crippen molar-refractivity contribution >= 4 is 15.7 Å². The molecular formula is C11H16N2O3S. The topological polar surface area (TPSA) is 67.4 Å². The summed E-state index contributed by atoms with van der Waals surface area (Å²) in [5.74, 6) is 0. The first-order chi connectivity index (χ1) is 8.12. The van der Waals surface area contributed by atoms with Gasteiger partial charge in [-0.3, -0.25) is 0 Å². The molecule has 1 saturated heterocycles. The maximum atomic E-state index is 12.0. The lowest BCUT2D eigenvalue weighted by Gasteiger charge is -2.11. The third kappa shape index (κ3) is 2.96. The van der Waals surface area contributed by atoms with Gasteiger partial charge in [-0.15, -0.1) is 0 Å². The van der Waals surface area contributed by atoms with Crippen molar-refractivity contribution in [1.82, 2.24) is 4.72 Å². The molecule has 1 aromatic rings. The molecule has 1 aromatic carbocycles. The van der Waals surface area contributed by atoms with Crippen LogP contribution in [0, 0.1) is 0 Å². The lowest BCUT2D eigenvalue weighted by molar-refractivity contribution is 0.192. The smallest absolute Gasteiger partial charge is 0.240 e. The second-order valence-electron chi connectivity index (χ2n) is 3.96. The van der Waals surface area contributed by atoms with Gasteiger partial charge in [-0.05, 0) is 30.7 Å². The first-order valence-corrected chi connectivity index (χ1v) is 6.98. The number of rotatable bonds is 4. The Bertz CT molecular complexity index is 464. The molecule has 0 radical (unpaired) electrons. The Labute approximate surface area is 101 Å². The highest BCUT2D eigenvalue weighted by Crippen LogP contribution is 2.15. The Morgan fingerprint density at radius 3 is 2.53 bits per heavy atom. The Morgan fingerprint density at radius 1 is 1.29 bits per heavy atom. The average Bonchev–Trinajstić information content (AvgIpc) is 2.81. The SMILES string of the molecule is CNc1ccc(S(=O)(=O)NC2CCOC2)cc1. The molecule has 2 N–H and O–H groups in total. The number of sulfonamides is 1. The van der Waals surface area contributed by atoms with E-state index in [-0.39, 0.29) is 10.9 Å². The van der Waals surface area contributed by atoms with Gasteiger partial charge in [-0.25, -0.2) is 13.1 Å². The molecule has 1 heterocycles. The van der Waals surface area contributed by atoms with Crippen LogP contribution >= 0.6 is 0 Å². The fraction of sp³-hybridized carbons (Fsp3) is 0.455. The van der Waals surface area contributed by atoms with Gasteiger partial charge in [-0.1, -0.05) is 0 Å². The van der Waals surface area contributed by atoms with Gasteiger partial charge in [-0.2, -0.15) is 0 Å². The molecule has 1 unspecified atom stereocenters. The van der Waals surface area contributed by atoms with Crippen LogP contribution in [0.15, 0.2) is 29.2 Å². The van der Waals surface area contributed by atoms with Crippen molar-refractivity contribution < 1.29 is 13.2 Å². The summed E-state index contributed by atoms with van der Waals surface area (Å²) in [7, 11) is -1.64. The van der Waals surface area contributed by atoms with Crippen molar-refractivity contribution in [3.05, 3.63) is 24.3 Å². The standard InChI is InChI=1S/C11H16N2O3S/c1-12-9-2-4-11(5-3-9)17(14,15)13-10-6-7-16-8-10/h2-5,10,12-13H,6-8H2,1H3. The summed E-state index contributed by atoms with van der Waals surface area (Å²) in [5.41, 5.74) is 0.883. The number of hydrogen-bond donors (Lipinski definition) is 2. The molecule has 1 aliphatic rings. The van der Waals surface area contributed by atoms with E-state index in [0.29, 0.717) is 13.2 Å². The highest BCUT2D eigenvalue weighted by atomic mass is 32.2. The highest BCUT2D eigenvalue weighted by molar-refractivity contribution is 7.89. The van der Waals surface area contributed by atoms with Crippen LogP contribution in [0.4, 0.5) is 5.69 Å². The van der Waals surface area contributed by atoms with E-state index in [1.807, 2.05) is 0 Å². The Balaban J connectivity index is 2.12. The third-order valence-electron chi connectivity index (χ3n) is 2.70. The first kappa shape index (κ1) is 12.3. The van der Waals surface area contributed by atoms with Crippen molar-refractivity contribution in [3.63, 3.8) is 0 Å². The normalized spacial score (nSPS) is 20.4. The first-order valence-electron chi connectivity index (χ1n) is 5.50. The zero-order chi connectivity index (χ0) is 12.3. The molecule has 0 amide bonds. The van der Waals surface area contributed by atoms with Crippen LogP contribution in [0.1, 0.15) is 6.42 Å². The van der Waals surface area contributed by atoms with Crippen LogP contribution < -0.4 is 10.0 Å². The molecular weight excluding hydrogens is 240 g/mol. The van der Waals surface area contributed by atoms with E-state index in [1.165, 1.54) is 0 Å². The monoisotopic (exact) mass is 256 g/mol. The fourth-order valence-corrected chi connectivity index (χ4v) is 2.97. The van der Waals surface area contributed by atoms with E-state index >= 15 is 0 Å². The van der Waals surface area contributed by atoms with Crippen molar-refractivity contribution in [1.29, 1.82) is 0 Å². The van der Waals surface area contributed by atoms with Gasteiger partial charge in [0.25, 0.3) is 0 Å². The maximum absolute atomic E-state index is 12.0. The molecule has 17 heavy (non-hydrogen) atoms. The van der Waals surface area contributed by atoms with Crippen molar-refractivity contribution in [2.75, 3.05) is 25.6 Å². The van der Waals surface area contributed by atoms with Crippen LogP contribution in [0.2, 0.25) is 0 Å². The van der Waals surface area contributed by atoms with Crippen molar-refractivity contribution in [3.8, 4) is 0 Å². The average molecular weight is 256 g/mol. The predicted molar refractivity (Wildman–Crippen MR) is 65.5 cm³/mol. The van der Waals surface area contributed by atoms with Crippen LogP contribution in [0.3, 0.4) is 0 Å². The largest absolute Gasteiger partial charge is 0.388 e. The zero-order valence-corrected chi connectivity index (χ0v) is 10.5. The van der Waals surface area contributed by atoms with Crippen LogP contribution in [-0.2, 0) is 14.8 Å². The predicted octanol–water partition coefficient (Wildman–Crippen LogP) is 0.795. The summed E-state index contributed by atoms with van der Waals surface area (Å²) in [6.07, 6.45) is 0.730. The molecule has 0 bridgehead atoms. The minimum atomic E-state index is -3.43. The molecule has 0 aromatic heterocycles. The molecule has 5 nitrogen and oxygen atoms in total. The van der Waals surface area contributed by atoms with Crippen LogP contribution in [0.5, 0.6) is 0 Å². The van der Waals surface area contributed by atoms with Gasteiger partial charge in [0.2, 0.25) is 10.0 Å². The summed E-state index contributed by atoms with van der Waals surface area (Å²) in [5, 5.41) is 2.94. The van der Waals surface area contributed by atoms with Crippen molar-refractivity contribution in [2.24, 2.45) is 0 Å². The Hall–Kier alpha value is -1.11. The summed E-state index contributed by atoms with van der Waals surface area (Å²) >= 11 is 0. The van der Waals surface area contributed by atoms with E-state index in [2.05, 4.69) is 10.0 Å². The molecule has 0 aliphatic carbocycles. The quantitative estimate of drug-likeness (QED) is 0.836. The van der Waals surface area contributed by atoms with E-state index in [0.717, 1.165) is 12.1 Å². The van der Waals surface area contributed by atoms with E-state index < -0.39 is 10.0 Å².